The molecule has 0 rings (SSSR count). The summed E-state index contributed by atoms with van der Waals surface area (Å²) in [7, 11) is 0. The Morgan fingerprint density at radius 3 is 2.89 bits per heavy atom. The summed E-state index contributed by atoms with van der Waals surface area (Å²) in [5.41, 5.74) is 0. The molecule has 0 spiro atoms. The zero-order chi connectivity index (χ0) is 7.11. The molecule has 52 valence electrons. The predicted octanol–water partition coefficient (Wildman–Crippen LogP) is 1.34. The number of rotatable bonds is 3. The van der Waals surface area contributed by atoms with E-state index in [2.05, 4.69) is 4.74 Å². The van der Waals surface area contributed by atoms with Crippen LogP contribution in [-0.4, -0.2) is 18.5 Å². The molecular weight excluding hydrogens is 140 g/mol. The van der Waals surface area contributed by atoms with Crippen molar-refractivity contribution in [2.75, 3.05) is 12.5 Å². The van der Waals surface area contributed by atoms with Crippen molar-refractivity contribution in [3.63, 3.8) is 0 Å². The molecule has 0 amide bonds. The molecule has 0 aliphatic heterocycles. The second-order valence-electron chi connectivity index (χ2n) is 1.31. The number of halogens is 1. The van der Waals surface area contributed by atoms with Crippen molar-refractivity contribution >= 4 is 17.6 Å². The molecule has 0 saturated heterocycles. The van der Waals surface area contributed by atoms with E-state index in [9.17, 15) is 4.79 Å². The lowest BCUT2D eigenvalue weighted by atomic mass is 10.5. The van der Waals surface area contributed by atoms with Crippen LogP contribution in [-0.2, 0) is 9.53 Å². The third-order valence-corrected chi connectivity index (χ3v) is 0.808. The lowest BCUT2D eigenvalue weighted by Crippen LogP contribution is -1.98. The van der Waals surface area contributed by atoms with Crippen LogP contribution in [0.4, 0.5) is 0 Å². The largest absolute Gasteiger partial charge is 0.463 e. The van der Waals surface area contributed by atoms with E-state index >= 15 is 0 Å². The zero-order valence-corrected chi connectivity index (χ0v) is 6.02. The maximum atomic E-state index is 10.4. The Balaban J connectivity index is 3.37. The first-order valence-electron chi connectivity index (χ1n) is 2.70. The topological polar surface area (TPSA) is 26.3 Å². The molecule has 9 heavy (non-hydrogen) atoms. The van der Waals surface area contributed by atoms with Gasteiger partial charge in [0.15, 0.2) is 0 Å². The lowest BCUT2D eigenvalue weighted by Gasteiger charge is -1.92. The minimum atomic E-state index is -0.335. The van der Waals surface area contributed by atoms with Crippen molar-refractivity contribution in [2.45, 2.75) is 6.92 Å². The van der Waals surface area contributed by atoms with Crippen LogP contribution in [0.3, 0.4) is 0 Å². The molecule has 0 aromatic carbocycles. The van der Waals surface area contributed by atoms with Gasteiger partial charge in [-0.1, -0.05) is 6.08 Å². The third kappa shape index (κ3) is 5.37. The number of carbonyl (C=O) groups is 1. The first-order chi connectivity index (χ1) is 4.31. The number of hydrogen-bond donors (Lipinski definition) is 0. The van der Waals surface area contributed by atoms with Crippen molar-refractivity contribution in [1.82, 2.24) is 0 Å². The molecular formula is C6H9ClO2. The molecule has 0 aromatic heterocycles. The smallest absolute Gasteiger partial charge is 0.330 e. The lowest BCUT2D eigenvalue weighted by molar-refractivity contribution is -0.137. The van der Waals surface area contributed by atoms with Gasteiger partial charge < -0.3 is 4.74 Å². The molecule has 2 nitrogen and oxygen atoms in total. The number of ether oxygens (including phenoxy) is 1. The van der Waals surface area contributed by atoms with E-state index < -0.39 is 0 Å². The van der Waals surface area contributed by atoms with Crippen LogP contribution in [0, 0.1) is 0 Å². The molecule has 0 unspecified atom stereocenters. The second-order valence-corrected chi connectivity index (χ2v) is 1.62. The van der Waals surface area contributed by atoms with Gasteiger partial charge in [0.1, 0.15) is 0 Å². The summed E-state index contributed by atoms with van der Waals surface area (Å²) in [5, 5.41) is 0. The molecule has 0 bridgehead atoms. The van der Waals surface area contributed by atoms with Crippen LogP contribution >= 0.6 is 11.6 Å². The minimum absolute atomic E-state index is 0.335. The quantitative estimate of drug-likeness (QED) is 0.343. The first kappa shape index (κ1) is 8.50. The van der Waals surface area contributed by atoms with E-state index in [1.807, 2.05) is 0 Å². The third-order valence-electron chi connectivity index (χ3n) is 0.630. The van der Waals surface area contributed by atoms with Crippen LogP contribution in [0.25, 0.3) is 0 Å². The molecule has 0 aliphatic carbocycles. The molecule has 0 aromatic rings. The van der Waals surface area contributed by atoms with Gasteiger partial charge in [0.05, 0.1) is 6.61 Å². The highest BCUT2D eigenvalue weighted by Crippen LogP contribution is 1.82. The van der Waals surface area contributed by atoms with Gasteiger partial charge in [-0.05, 0) is 6.92 Å². The molecule has 0 fully saturated rings. The van der Waals surface area contributed by atoms with Gasteiger partial charge in [-0.15, -0.1) is 11.6 Å². The Labute approximate surface area is 59.5 Å². The highest BCUT2D eigenvalue weighted by Gasteiger charge is 1.89. The number of allylic oxidation sites excluding steroid dienone is 1. The Bertz CT molecular complexity index is 110. The summed E-state index contributed by atoms with van der Waals surface area (Å²) >= 11 is 5.25. The standard InChI is InChI=1S/C6H9ClO2/c1-2-9-6(8)4-3-5-7/h3-4H,2,5H2,1H3. The fraction of sp³-hybridized carbons (Fsp3) is 0.500. The van der Waals surface area contributed by atoms with Crippen molar-refractivity contribution in [2.24, 2.45) is 0 Å². The van der Waals surface area contributed by atoms with Crippen molar-refractivity contribution in [1.29, 1.82) is 0 Å². The van der Waals surface area contributed by atoms with E-state index in [1.165, 1.54) is 6.08 Å². The van der Waals surface area contributed by atoms with Gasteiger partial charge in [0.2, 0.25) is 0 Å². The molecule has 0 aliphatic rings. The van der Waals surface area contributed by atoms with Crippen LogP contribution < -0.4 is 0 Å². The zero-order valence-electron chi connectivity index (χ0n) is 5.26. The molecule has 3 heteroatoms. The van der Waals surface area contributed by atoms with Gasteiger partial charge in [-0.3, -0.25) is 0 Å². The van der Waals surface area contributed by atoms with Crippen LogP contribution in [0.5, 0.6) is 0 Å². The fourth-order valence-corrected chi connectivity index (χ4v) is 0.420. The average Bonchev–Trinajstić information content (AvgIpc) is 1.85. The van der Waals surface area contributed by atoms with Gasteiger partial charge in [-0.2, -0.15) is 0 Å². The Kier molecular flexibility index (Phi) is 5.32. The van der Waals surface area contributed by atoms with Crippen molar-refractivity contribution < 1.29 is 9.53 Å². The number of esters is 1. The van der Waals surface area contributed by atoms with Gasteiger partial charge in [0.25, 0.3) is 0 Å². The molecule has 0 heterocycles. The summed E-state index contributed by atoms with van der Waals surface area (Å²) in [6, 6.07) is 0. The monoisotopic (exact) mass is 148 g/mol. The number of alkyl halides is 1. The van der Waals surface area contributed by atoms with E-state index in [0.29, 0.717) is 12.5 Å². The van der Waals surface area contributed by atoms with Gasteiger partial charge >= 0.3 is 5.97 Å². The number of carbonyl (C=O) groups excluding carboxylic acids is 1. The Morgan fingerprint density at radius 1 is 1.78 bits per heavy atom. The normalized spacial score (nSPS) is 10.0. The van der Waals surface area contributed by atoms with Gasteiger partial charge in [-0.25, -0.2) is 4.79 Å². The summed E-state index contributed by atoms with van der Waals surface area (Å²) in [5.74, 6) is 0.0110. The summed E-state index contributed by atoms with van der Waals surface area (Å²) < 4.78 is 4.56. The van der Waals surface area contributed by atoms with Gasteiger partial charge in [0, 0.05) is 12.0 Å². The molecule has 0 N–H and O–H groups in total. The first-order valence-corrected chi connectivity index (χ1v) is 3.24. The van der Waals surface area contributed by atoms with Crippen LogP contribution in [0.1, 0.15) is 6.92 Å². The van der Waals surface area contributed by atoms with E-state index in [1.54, 1.807) is 13.0 Å². The van der Waals surface area contributed by atoms with Crippen molar-refractivity contribution in [3.05, 3.63) is 12.2 Å². The predicted molar refractivity (Wildman–Crippen MR) is 36.5 cm³/mol. The summed E-state index contributed by atoms with van der Waals surface area (Å²) in [6.07, 6.45) is 2.86. The Hall–Kier alpha value is -0.500. The fourth-order valence-electron chi connectivity index (χ4n) is 0.331. The molecule has 0 radical (unpaired) electrons. The Morgan fingerprint density at radius 2 is 2.44 bits per heavy atom. The SMILES string of the molecule is CCOC(=O)C=CCCl. The van der Waals surface area contributed by atoms with Crippen LogP contribution in [0.15, 0.2) is 12.2 Å². The van der Waals surface area contributed by atoms with E-state index in [-0.39, 0.29) is 5.97 Å². The summed E-state index contributed by atoms with van der Waals surface area (Å²) in [6.45, 7) is 2.16. The van der Waals surface area contributed by atoms with Crippen LogP contribution in [0.2, 0.25) is 0 Å². The maximum absolute atomic E-state index is 10.4. The molecule has 0 atom stereocenters. The molecule has 0 saturated carbocycles. The highest BCUT2D eigenvalue weighted by molar-refractivity contribution is 6.19. The van der Waals surface area contributed by atoms with E-state index in [4.69, 9.17) is 11.6 Å². The van der Waals surface area contributed by atoms with Crippen molar-refractivity contribution in [3.8, 4) is 0 Å². The summed E-state index contributed by atoms with van der Waals surface area (Å²) in [4.78, 5) is 10.4. The average molecular weight is 149 g/mol. The number of hydrogen-bond acceptors (Lipinski definition) is 2. The highest BCUT2D eigenvalue weighted by atomic mass is 35.5. The maximum Gasteiger partial charge on any atom is 0.330 e. The minimum Gasteiger partial charge on any atom is -0.463 e. The second kappa shape index (κ2) is 5.63. The van der Waals surface area contributed by atoms with E-state index in [0.717, 1.165) is 0 Å².